The summed E-state index contributed by atoms with van der Waals surface area (Å²) in [7, 11) is 0. The van der Waals surface area contributed by atoms with E-state index in [1.807, 2.05) is 39.0 Å². The fraction of sp³-hybridized carbons (Fsp3) is 0.286. The lowest BCUT2D eigenvalue weighted by Crippen LogP contribution is -2.22. The van der Waals surface area contributed by atoms with Crippen molar-refractivity contribution < 1.29 is 28.9 Å². The quantitative estimate of drug-likeness (QED) is 0.236. The van der Waals surface area contributed by atoms with E-state index in [1.54, 1.807) is 22.6 Å². The van der Waals surface area contributed by atoms with Crippen molar-refractivity contribution in [2.75, 3.05) is 25.1 Å². The maximum atomic E-state index is 14.4. The van der Waals surface area contributed by atoms with Crippen molar-refractivity contribution in [3.8, 4) is 22.8 Å². The van der Waals surface area contributed by atoms with Gasteiger partial charge in [-0.15, -0.1) is 0 Å². The minimum atomic E-state index is -1.06. The van der Waals surface area contributed by atoms with Crippen LogP contribution in [0, 0.1) is 19.7 Å². The van der Waals surface area contributed by atoms with E-state index in [0.29, 0.717) is 34.9 Å². The summed E-state index contributed by atoms with van der Waals surface area (Å²) in [5, 5.41) is 22.3. The number of carbonyl (C=O) groups excluding carboxylic acids is 1. The van der Waals surface area contributed by atoms with Crippen LogP contribution in [0.15, 0.2) is 48.7 Å². The number of aryl methyl sites for hydroxylation is 3. The van der Waals surface area contributed by atoms with E-state index in [2.05, 4.69) is 5.32 Å². The van der Waals surface area contributed by atoms with E-state index in [9.17, 15) is 14.3 Å². The lowest BCUT2D eigenvalue weighted by Gasteiger charge is -2.19. The minimum absolute atomic E-state index is 0.138. The summed E-state index contributed by atoms with van der Waals surface area (Å²) in [5.74, 6) is 0.0710. The lowest BCUT2D eigenvalue weighted by molar-refractivity contribution is -0.119. The highest BCUT2D eigenvalue weighted by molar-refractivity contribution is 5.86. The number of rotatable bonds is 11. The Morgan fingerprint density at radius 1 is 1.18 bits per heavy atom. The number of nitrogens with zero attached hydrogens (tertiary/aromatic N) is 2. The Morgan fingerprint density at radius 2 is 1.92 bits per heavy atom. The molecule has 38 heavy (non-hydrogen) atoms. The Labute approximate surface area is 219 Å². The Hall–Kier alpha value is -4.15. The second-order valence-corrected chi connectivity index (χ2v) is 8.99. The van der Waals surface area contributed by atoms with E-state index in [4.69, 9.17) is 25.3 Å². The number of nitrogens with two attached hydrogens (primary N) is 1. The number of primary amides is 1. The molecule has 5 N–H and O–H groups in total. The Balaban J connectivity index is 1.94. The number of aliphatic hydroxyl groups excluding tert-OH is 2. The number of fused-ring (bicyclic) bond motifs is 1. The topological polar surface area (TPSA) is 131 Å². The summed E-state index contributed by atoms with van der Waals surface area (Å²) in [4.78, 5) is 16.4. The molecular formula is C28H31FN4O5. The van der Waals surface area contributed by atoms with Crippen molar-refractivity contribution in [3.05, 3.63) is 71.2 Å². The van der Waals surface area contributed by atoms with Crippen LogP contribution in [0.5, 0.6) is 11.5 Å². The molecular weight excluding hydrogens is 491 g/mol. The minimum Gasteiger partial charge on any atom is -0.491 e. The molecule has 0 aliphatic heterocycles. The van der Waals surface area contributed by atoms with Gasteiger partial charge in [-0.25, -0.2) is 9.37 Å². The number of halogens is 1. The normalized spacial score (nSPS) is 11.9. The molecule has 4 rings (SSSR count). The average molecular weight is 523 g/mol. The van der Waals surface area contributed by atoms with Crippen molar-refractivity contribution >= 4 is 23.1 Å². The fourth-order valence-corrected chi connectivity index (χ4v) is 4.23. The van der Waals surface area contributed by atoms with Crippen LogP contribution in [-0.2, 0) is 11.2 Å². The highest BCUT2D eigenvalue weighted by Gasteiger charge is 2.24. The number of imidazole rings is 1. The van der Waals surface area contributed by atoms with Crippen molar-refractivity contribution in [2.24, 2.45) is 5.73 Å². The van der Waals surface area contributed by atoms with Crippen LogP contribution in [0.3, 0.4) is 0 Å². The van der Waals surface area contributed by atoms with Gasteiger partial charge in [-0.05, 0) is 55.2 Å². The SMILES string of the molecule is CCc1cc(OCC(O)CO)cc(OCC(N)=O)c1-c1nc2ccc(F)cn2c1Nc1c(C)cccc1C. The molecule has 2 aromatic carbocycles. The third-order valence-electron chi connectivity index (χ3n) is 6.11. The smallest absolute Gasteiger partial charge is 0.255 e. The van der Waals surface area contributed by atoms with Crippen LogP contribution in [0.25, 0.3) is 16.9 Å². The Morgan fingerprint density at radius 3 is 2.58 bits per heavy atom. The van der Waals surface area contributed by atoms with Crippen LogP contribution >= 0.6 is 0 Å². The number of anilines is 2. The predicted molar refractivity (Wildman–Crippen MR) is 142 cm³/mol. The Bertz CT molecular complexity index is 1450. The van der Waals surface area contributed by atoms with E-state index in [1.165, 1.54) is 12.3 Å². The number of pyridine rings is 1. The van der Waals surface area contributed by atoms with Gasteiger partial charge in [0.25, 0.3) is 5.91 Å². The summed E-state index contributed by atoms with van der Waals surface area (Å²) in [6.45, 7) is 4.92. The molecule has 1 amide bonds. The van der Waals surface area contributed by atoms with Crippen molar-refractivity contribution in [2.45, 2.75) is 33.3 Å². The van der Waals surface area contributed by atoms with E-state index >= 15 is 0 Å². The van der Waals surface area contributed by atoms with Gasteiger partial charge in [0.2, 0.25) is 0 Å². The average Bonchev–Trinajstić information content (AvgIpc) is 3.24. The standard InChI is InChI=1S/C28H31FN4O5/c1-4-18-10-21(37-14-20(35)13-34)11-22(38-15-23(30)36)25(18)27-28(32-26-16(2)6-5-7-17(26)3)33-12-19(29)8-9-24(33)31-27/h5-12,20,32,34-35H,4,13-15H2,1-3H3,(H2,30,36). The molecule has 0 fully saturated rings. The molecule has 0 aliphatic carbocycles. The highest BCUT2D eigenvalue weighted by Crippen LogP contribution is 2.42. The van der Waals surface area contributed by atoms with Gasteiger partial charge >= 0.3 is 0 Å². The number of nitrogens with one attached hydrogen (secondary N) is 1. The monoisotopic (exact) mass is 522 g/mol. The first-order chi connectivity index (χ1) is 18.2. The summed E-state index contributed by atoms with van der Waals surface area (Å²) in [6.07, 6.45) is 0.828. The van der Waals surface area contributed by atoms with Crippen molar-refractivity contribution in [1.82, 2.24) is 9.38 Å². The van der Waals surface area contributed by atoms with E-state index in [0.717, 1.165) is 22.4 Å². The zero-order valence-electron chi connectivity index (χ0n) is 21.5. The Kier molecular flexibility index (Phi) is 8.13. The maximum absolute atomic E-state index is 14.4. The summed E-state index contributed by atoms with van der Waals surface area (Å²) in [6, 6.07) is 12.2. The van der Waals surface area contributed by atoms with Gasteiger partial charge in [0.15, 0.2) is 6.61 Å². The van der Waals surface area contributed by atoms with Gasteiger partial charge in [-0.1, -0.05) is 25.1 Å². The number of benzene rings is 2. The van der Waals surface area contributed by atoms with Crippen molar-refractivity contribution in [3.63, 3.8) is 0 Å². The van der Waals surface area contributed by atoms with Crippen LogP contribution in [0.1, 0.15) is 23.6 Å². The molecule has 0 saturated carbocycles. The van der Waals surface area contributed by atoms with Gasteiger partial charge < -0.3 is 30.7 Å². The first-order valence-corrected chi connectivity index (χ1v) is 12.2. The molecule has 2 aromatic heterocycles. The predicted octanol–water partition coefficient (Wildman–Crippen LogP) is 3.66. The highest BCUT2D eigenvalue weighted by atomic mass is 19.1. The first-order valence-electron chi connectivity index (χ1n) is 12.2. The number of hydrogen-bond donors (Lipinski definition) is 4. The van der Waals surface area contributed by atoms with Gasteiger partial charge in [0, 0.05) is 23.5 Å². The van der Waals surface area contributed by atoms with Crippen molar-refractivity contribution in [1.29, 1.82) is 0 Å². The van der Waals surface area contributed by atoms with Crippen LogP contribution in [0.2, 0.25) is 0 Å². The zero-order chi connectivity index (χ0) is 27.4. The van der Waals surface area contributed by atoms with Gasteiger partial charge in [0.05, 0.1) is 6.61 Å². The fourth-order valence-electron chi connectivity index (χ4n) is 4.23. The number of ether oxygens (including phenoxy) is 2. The molecule has 10 heteroatoms. The number of amides is 1. The largest absolute Gasteiger partial charge is 0.491 e. The molecule has 200 valence electrons. The first kappa shape index (κ1) is 26.9. The van der Waals surface area contributed by atoms with E-state index < -0.39 is 24.4 Å². The second kappa shape index (κ2) is 11.5. The molecule has 4 aromatic rings. The molecule has 1 atom stereocenters. The molecule has 2 heterocycles. The number of para-hydroxylation sites is 1. The van der Waals surface area contributed by atoms with E-state index in [-0.39, 0.29) is 19.0 Å². The molecule has 0 saturated heterocycles. The third kappa shape index (κ3) is 5.71. The number of aromatic nitrogens is 2. The maximum Gasteiger partial charge on any atom is 0.255 e. The van der Waals surface area contributed by atoms with Crippen LogP contribution in [0.4, 0.5) is 15.9 Å². The number of hydrogen-bond acceptors (Lipinski definition) is 7. The molecule has 0 aliphatic rings. The lowest BCUT2D eigenvalue weighted by atomic mass is 10.00. The molecule has 0 radical (unpaired) electrons. The summed E-state index contributed by atoms with van der Waals surface area (Å²) >= 11 is 0. The van der Waals surface area contributed by atoms with Gasteiger partial charge in [0.1, 0.15) is 47.2 Å². The molecule has 0 bridgehead atoms. The number of carbonyl (C=O) groups is 1. The second-order valence-electron chi connectivity index (χ2n) is 8.99. The third-order valence-corrected chi connectivity index (χ3v) is 6.11. The molecule has 1 unspecified atom stereocenters. The zero-order valence-corrected chi connectivity index (χ0v) is 21.5. The molecule has 9 nitrogen and oxygen atoms in total. The summed E-state index contributed by atoms with van der Waals surface area (Å²) < 4.78 is 27.5. The van der Waals surface area contributed by atoms with Gasteiger partial charge in [-0.2, -0.15) is 0 Å². The number of aliphatic hydroxyl groups is 2. The van der Waals surface area contributed by atoms with Crippen LogP contribution < -0.4 is 20.5 Å². The summed E-state index contributed by atoms with van der Waals surface area (Å²) in [5.41, 5.74) is 10.6. The van der Waals surface area contributed by atoms with Gasteiger partial charge in [-0.3, -0.25) is 9.20 Å². The molecule has 0 spiro atoms. The van der Waals surface area contributed by atoms with Crippen LogP contribution in [-0.4, -0.2) is 51.4 Å².